The molecule has 4 aromatic rings. The smallest absolute Gasteiger partial charge is 0.175 e. The Morgan fingerprint density at radius 2 is 1.43 bits per heavy atom. The summed E-state index contributed by atoms with van der Waals surface area (Å²) in [6, 6.07) is 0. The zero-order valence-corrected chi connectivity index (χ0v) is 13.5. The van der Waals surface area contributed by atoms with Crippen molar-refractivity contribution in [1.82, 2.24) is 28.7 Å². The Kier molecular flexibility index (Phi) is 4.05. The number of hydrogen-bond donors (Lipinski definition) is 0. The molecule has 9 heteroatoms. The molecular formula is C12H7BrCl2N6. The third-order valence-corrected chi connectivity index (χ3v) is 3.73. The molecule has 0 aliphatic carbocycles. The molecule has 0 saturated heterocycles. The van der Waals surface area contributed by atoms with Gasteiger partial charge in [-0.05, 0) is 15.9 Å². The molecule has 0 atom stereocenters. The monoisotopic (exact) mass is 384 g/mol. The van der Waals surface area contributed by atoms with Crippen LogP contribution in [0.1, 0.15) is 0 Å². The fourth-order valence-electron chi connectivity index (χ4n) is 1.68. The zero-order valence-electron chi connectivity index (χ0n) is 10.4. The Morgan fingerprint density at radius 1 is 0.810 bits per heavy atom. The van der Waals surface area contributed by atoms with Gasteiger partial charge < -0.3 is 4.40 Å². The van der Waals surface area contributed by atoms with Gasteiger partial charge in [0.2, 0.25) is 0 Å². The van der Waals surface area contributed by atoms with E-state index in [0.29, 0.717) is 21.6 Å². The second kappa shape index (κ2) is 5.97. The fourth-order valence-corrected chi connectivity index (χ4v) is 2.47. The molecule has 0 bridgehead atoms. The third kappa shape index (κ3) is 2.85. The Hall–Kier alpha value is -1.70. The molecule has 0 unspecified atom stereocenters. The minimum absolute atomic E-state index is 0.415. The molecular weight excluding hydrogens is 379 g/mol. The van der Waals surface area contributed by atoms with Crippen molar-refractivity contribution >= 4 is 50.4 Å². The summed E-state index contributed by atoms with van der Waals surface area (Å²) in [6.07, 6.45) is 12.0. The molecule has 0 fully saturated rings. The number of nitrogens with zero attached hydrogens (tertiary/aromatic N) is 6. The minimum atomic E-state index is 0.415. The highest BCUT2D eigenvalue weighted by molar-refractivity contribution is 9.10. The van der Waals surface area contributed by atoms with E-state index in [0.717, 1.165) is 4.60 Å². The Morgan fingerprint density at radius 3 is 2.10 bits per heavy atom. The number of rotatable bonds is 0. The summed E-state index contributed by atoms with van der Waals surface area (Å²) in [6.45, 7) is 0. The van der Waals surface area contributed by atoms with Crippen LogP contribution in [0.3, 0.4) is 0 Å². The summed E-state index contributed by atoms with van der Waals surface area (Å²) in [4.78, 5) is 15.8. The van der Waals surface area contributed by atoms with Gasteiger partial charge in [0.05, 0.1) is 6.20 Å². The summed E-state index contributed by atoms with van der Waals surface area (Å²) >= 11 is 14.8. The summed E-state index contributed by atoms with van der Waals surface area (Å²) in [5, 5.41) is 0.853. The van der Waals surface area contributed by atoms with Gasteiger partial charge in [-0.3, -0.25) is 4.40 Å². The molecule has 6 nitrogen and oxygen atoms in total. The van der Waals surface area contributed by atoms with Gasteiger partial charge in [-0.15, -0.1) is 0 Å². The molecule has 4 heterocycles. The van der Waals surface area contributed by atoms with Crippen LogP contribution in [-0.4, -0.2) is 28.7 Å². The number of hydrogen-bond acceptors (Lipinski definition) is 4. The van der Waals surface area contributed by atoms with E-state index in [-0.39, 0.29) is 0 Å². The molecule has 0 N–H and O–H groups in total. The molecule has 0 saturated carbocycles. The molecule has 106 valence electrons. The molecule has 4 rings (SSSR count). The third-order valence-electron chi connectivity index (χ3n) is 2.61. The van der Waals surface area contributed by atoms with E-state index in [2.05, 4.69) is 35.9 Å². The molecule has 4 aromatic heterocycles. The highest BCUT2D eigenvalue weighted by Crippen LogP contribution is 2.17. The SMILES string of the molecule is Clc1nccn2c(Br)cnc12.Clc1nccn2ccnc12. The standard InChI is InChI=1S/C6H3BrClN3.C6H4ClN3/c7-4-3-10-6-5(8)9-1-2-11(4)6;7-5-6-9-2-4-10(6)3-1-8-5/h1-3H;1-4H. The van der Waals surface area contributed by atoms with E-state index in [1.54, 1.807) is 37.2 Å². The molecule has 0 aliphatic rings. The molecule has 0 aromatic carbocycles. The van der Waals surface area contributed by atoms with E-state index in [4.69, 9.17) is 23.2 Å². The van der Waals surface area contributed by atoms with E-state index in [9.17, 15) is 0 Å². The van der Waals surface area contributed by atoms with Gasteiger partial charge in [0.25, 0.3) is 0 Å². The van der Waals surface area contributed by atoms with Gasteiger partial charge in [0.15, 0.2) is 21.6 Å². The maximum absolute atomic E-state index is 5.76. The zero-order chi connectivity index (χ0) is 14.8. The largest absolute Gasteiger partial charge is 0.303 e. The lowest BCUT2D eigenvalue weighted by atomic mass is 10.7. The number of fused-ring (bicyclic) bond motifs is 2. The average molecular weight is 386 g/mol. The second-order valence-corrected chi connectivity index (χ2v) is 5.40. The topological polar surface area (TPSA) is 60.4 Å². The van der Waals surface area contributed by atoms with Crippen LogP contribution < -0.4 is 0 Å². The van der Waals surface area contributed by atoms with Crippen molar-refractivity contribution in [2.24, 2.45) is 0 Å². The summed E-state index contributed by atoms with van der Waals surface area (Å²) in [5.74, 6) is 0. The first kappa shape index (κ1) is 14.2. The van der Waals surface area contributed by atoms with Crippen molar-refractivity contribution in [1.29, 1.82) is 0 Å². The van der Waals surface area contributed by atoms with Crippen molar-refractivity contribution in [3.63, 3.8) is 0 Å². The Labute approximate surface area is 137 Å². The molecule has 21 heavy (non-hydrogen) atoms. The first-order chi connectivity index (χ1) is 10.2. The van der Waals surface area contributed by atoms with Crippen molar-refractivity contribution in [2.45, 2.75) is 0 Å². The second-order valence-electron chi connectivity index (χ2n) is 3.87. The predicted octanol–water partition coefficient (Wildman–Crippen LogP) is 3.53. The van der Waals surface area contributed by atoms with Crippen LogP contribution in [0, 0.1) is 0 Å². The average Bonchev–Trinajstić information content (AvgIpc) is 3.09. The molecule has 0 amide bonds. The van der Waals surface area contributed by atoms with Crippen LogP contribution in [0.2, 0.25) is 10.3 Å². The van der Waals surface area contributed by atoms with E-state index < -0.39 is 0 Å². The summed E-state index contributed by atoms with van der Waals surface area (Å²) in [5.41, 5.74) is 1.37. The van der Waals surface area contributed by atoms with Crippen molar-refractivity contribution in [3.8, 4) is 0 Å². The highest BCUT2D eigenvalue weighted by Gasteiger charge is 2.02. The quantitative estimate of drug-likeness (QED) is 0.464. The maximum atomic E-state index is 5.76. The first-order valence-electron chi connectivity index (χ1n) is 5.73. The van der Waals surface area contributed by atoms with Gasteiger partial charge in [-0.1, -0.05) is 23.2 Å². The normalized spacial score (nSPS) is 10.6. The summed E-state index contributed by atoms with van der Waals surface area (Å²) < 4.78 is 4.50. The Bertz CT molecular complexity index is 903. The van der Waals surface area contributed by atoms with Crippen molar-refractivity contribution in [3.05, 3.63) is 58.3 Å². The lowest BCUT2D eigenvalue weighted by Gasteiger charge is -1.93. The van der Waals surface area contributed by atoms with Gasteiger partial charge in [-0.25, -0.2) is 19.9 Å². The van der Waals surface area contributed by atoms with E-state index >= 15 is 0 Å². The fraction of sp³-hybridized carbons (Fsp3) is 0. The van der Waals surface area contributed by atoms with Gasteiger partial charge >= 0.3 is 0 Å². The van der Waals surface area contributed by atoms with E-state index in [1.807, 2.05) is 15.0 Å². The summed E-state index contributed by atoms with van der Waals surface area (Å²) in [7, 11) is 0. The molecule has 0 radical (unpaired) electrons. The molecule has 0 aliphatic heterocycles. The van der Waals surface area contributed by atoms with Gasteiger partial charge in [-0.2, -0.15) is 0 Å². The number of imidazole rings is 2. The van der Waals surface area contributed by atoms with Crippen LogP contribution in [-0.2, 0) is 0 Å². The van der Waals surface area contributed by atoms with Gasteiger partial charge in [0.1, 0.15) is 4.60 Å². The van der Waals surface area contributed by atoms with Gasteiger partial charge in [0, 0.05) is 37.2 Å². The maximum Gasteiger partial charge on any atom is 0.175 e. The lowest BCUT2D eigenvalue weighted by molar-refractivity contribution is 1.10. The Balaban J connectivity index is 0.000000126. The lowest BCUT2D eigenvalue weighted by Crippen LogP contribution is -1.86. The van der Waals surface area contributed by atoms with Crippen LogP contribution in [0.5, 0.6) is 0 Å². The van der Waals surface area contributed by atoms with Crippen molar-refractivity contribution < 1.29 is 0 Å². The number of halogens is 3. The highest BCUT2D eigenvalue weighted by atomic mass is 79.9. The predicted molar refractivity (Wildman–Crippen MR) is 83.7 cm³/mol. The van der Waals surface area contributed by atoms with Crippen LogP contribution in [0.15, 0.2) is 48.0 Å². The van der Waals surface area contributed by atoms with E-state index in [1.165, 1.54) is 0 Å². The number of aromatic nitrogens is 6. The van der Waals surface area contributed by atoms with Crippen molar-refractivity contribution in [2.75, 3.05) is 0 Å². The van der Waals surface area contributed by atoms with Crippen LogP contribution >= 0.6 is 39.1 Å². The molecule has 0 spiro atoms. The van der Waals surface area contributed by atoms with Crippen LogP contribution in [0.4, 0.5) is 0 Å². The first-order valence-corrected chi connectivity index (χ1v) is 7.28. The van der Waals surface area contributed by atoms with Crippen LogP contribution in [0.25, 0.3) is 11.3 Å². The minimum Gasteiger partial charge on any atom is -0.303 e.